The van der Waals surface area contributed by atoms with Crippen LogP contribution in [0.2, 0.25) is 0 Å². The highest BCUT2D eigenvalue weighted by molar-refractivity contribution is 5.01. The molecule has 100 valence electrons. The molecule has 1 N–H and O–H groups in total. The second-order valence-electron chi connectivity index (χ2n) is 6.10. The van der Waals surface area contributed by atoms with Crippen LogP contribution in [0.25, 0.3) is 0 Å². The van der Waals surface area contributed by atoms with E-state index in [4.69, 9.17) is 0 Å². The third-order valence-corrected chi connectivity index (χ3v) is 4.08. The van der Waals surface area contributed by atoms with Gasteiger partial charge in [-0.05, 0) is 33.3 Å². The lowest BCUT2D eigenvalue weighted by Crippen LogP contribution is -2.66. The van der Waals surface area contributed by atoms with Gasteiger partial charge in [-0.25, -0.2) is 9.97 Å². The van der Waals surface area contributed by atoms with Crippen LogP contribution in [0.15, 0.2) is 18.5 Å². The van der Waals surface area contributed by atoms with Gasteiger partial charge < -0.3 is 5.32 Å². The molecule has 2 heterocycles. The Balaban J connectivity index is 2.13. The van der Waals surface area contributed by atoms with Crippen molar-refractivity contribution in [2.45, 2.75) is 51.7 Å². The van der Waals surface area contributed by atoms with Crippen molar-refractivity contribution in [2.24, 2.45) is 0 Å². The maximum Gasteiger partial charge on any atom is 0.142 e. The molecule has 1 aliphatic heterocycles. The van der Waals surface area contributed by atoms with Crippen molar-refractivity contribution in [2.75, 3.05) is 13.1 Å². The zero-order valence-electron chi connectivity index (χ0n) is 11.9. The zero-order valence-corrected chi connectivity index (χ0v) is 11.9. The second kappa shape index (κ2) is 4.94. The molecule has 0 aromatic carbocycles. The molecular formula is C14H24N4. The Labute approximate surface area is 110 Å². The van der Waals surface area contributed by atoms with Crippen LogP contribution in [0.5, 0.6) is 0 Å². The van der Waals surface area contributed by atoms with Crippen molar-refractivity contribution in [3.8, 4) is 0 Å². The Bertz CT molecular complexity index is 390. The van der Waals surface area contributed by atoms with Crippen LogP contribution in [0.3, 0.4) is 0 Å². The van der Waals surface area contributed by atoms with Crippen LogP contribution in [-0.2, 0) is 6.54 Å². The second-order valence-corrected chi connectivity index (χ2v) is 6.10. The molecule has 0 amide bonds. The van der Waals surface area contributed by atoms with Gasteiger partial charge in [0.2, 0.25) is 0 Å². The van der Waals surface area contributed by atoms with Crippen LogP contribution in [0.4, 0.5) is 0 Å². The Kier molecular flexibility index (Phi) is 3.69. The minimum atomic E-state index is 0.147. The average Bonchev–Trinajstić information content (AvgIpc) is 2.36. The largest absolute Gasteiger partial charge is 0.308 e. The standard InChI is InChI=1S/C14H24N4/c1-5-14(4)11-18(13(2,3)10-17-14)9-12-15-7-6-8-16-12/h6-8,17H,5,9-11H2,1-4H3. The highest BCUT2D eigenvalue weighted by Crippen LogP contribution is 2.26. The molecule has 0 saturated carbocycles. The summed E-state index contributed by atoms with van der Waals surface area (Å²) in [7, 11) is 0. The van der Waals surface area contributed by atoms with E-state index in [1.54, 1.807) is 0 Å². The Hall–Kier alpha value is -1.00. The summed E-state index contributed by atoms with van der Waals surface area (Å²) in [6.45, 7) is 11.9. The summed E-state index contributed by atoms with van der Waals surface area (Å²) >= 11 is 0. The molecule has 1 aliphatic rings. The van der Waals surface area contributed by atoms with Gasteiger partial charge in [-0.1, -0.05) is 6.92 Å². The SMILES string of the molecule is CCC1(C)CN(Cc2ncccn2)C(C)(C)CN1. The topological polar surface area (TPSA) is 41.1 Å². The Morgan fingerprint density at radius 1 is 1.28 bits per heavy atom. The minimum Gasteiger partial charge on any atom is -0.308 e. The highest BCUT2D eigenvalue weighted by Gasteiger charge is 2.39. The predicted molar refractivity (Wildman–Crippen MR) is 73.2 cm³/mol. The number of nitrogens with zero attached hydrogens (tertiary/aromatic N) is 3. The number of hydrogen-bond acceptors (Lipinski definition) is 4. The molecule has 1 fully saturated rings. The van der Waals surface area contributed by atoms with Crippen LogP contribution in [0.1, 0.15) is 39.9 Å². The van der Waals surface area contributed by atoms with Crippen molar-refractivity contribution in [1.29, 1.82) is 0 Å². The van der Waals surface area contributed by atoms with E-state index >= 15 is 0 Å². The van der Waals surface area contributed by atoms with E-state index in [0.717, 1.165) is 31.9 Å². The molecule has 18 heavy (non-hydrogen) atoms. The minimum absolute atomic E-state index is 0.147. The van der Waals surface area contributed by atoms with Crippen LogP contribution < -0.4 is 5.32 Å². The van der Waals surface area contributed by atoms with E-state index in [-0.39, 0.29) is 11.1 Å². The average molecular weight is 248 g/mol. The summed E-state index contributed by atoms with van der Waals surface area (Å²) in [5.74, 6) is 0.908. The first-order valence-electron chi connectivity index (χ1n) is 6.71. The molecule has 0 bridgehead atoms. The van der Waals surface area contributed by atoms with Crippen LogP contribution in [-0.4, -0.2) is 39.0 Å². The molecule has 1 saturated heterocycles. The first-order valence-corrected chi connectivity index (χ1v) is 6.71. The van der Waals surface area contributed by atoms with Gasteiger partial charge in [-0.3, -0.25) is 4.90 Å². The monoisotopic (exact) mass is 248 g/mol. The molecule has 0 aliphatic carbocycles. The van der Waals surface area contributed by atoms with Crippen LogP contribution >= 0.6 is 0 Å². The van der Waals surface area contributed by atoms with E-state index in [0.29, 0.717) is 0 Å². The van der Waals surface area contributed by atoms with E-state index in [9.17, 15) is 0 Å². The quantitative estimate of drug-likeness (QED) is 0.886. The van der Waals surface area contributed by atoms with Gasteiger partial charge in [0.25, 0.3) is 0 Å². The molecule has 1 aromatic rings. The fraction of sp³-hybridized carbons (Fsp3) is 0.714. The van der Waals surface area contributed by atoms with E-state index in [1.807, 2.05) is 18.5 Å². The maximum absolute atomic E-state index is 4.34. The van der Waals surface area contributed by atoms with E-state index in [2.05, 4.69) is 47.9 Å². The first-order chi connectivity index (χ1) is 8.45. The van der Waals surface area contributed by atoms with Gasteiger partial charge >= 0.3 is 0 Å². The number of piperazine rings is 1. The van der Waals surface area contributed by atoms with E-state index < -0.39 is 0 Å². The molecule has 1 unspecified atom stereocenters. The fourth-order valence-electron chi connectivity index (χ4n) is 2.32. The van der Waals surface area contributed by atoms with Gasteiger partial charge in [-0.15, -0.1) is 0 Å². The smallest absolute Gasteiger partial charge is 0.142 e. The van der Waals surface area contributed by atoms with E-state index in [1.165, 1.54) is 0 Å². The molecule has 0 radical (unpaired) electrons. The summed E-state index contributed by atoms with van der Waals surface area (Å²) in [5.41, 5.74) is 0.345. The summed E-state index contributed by atoms with van der Waals surface area (Å²) in [5, 5.41) is 3.67. The van der Waals surface area contributed by atoms with Gasteiger partial charge in [0, 0.05) is 36.6 Å². The lowest BCUT2D eigenvalue weighted by molar-refractivity contribution is 0.0226. The fourth-order valence-corrected chi connectivity index (χ4v) is 2.32. The zero-order chi connectivity index (χ0) is 13.2. The number of hydrogen-bond donors (Lipinski definition) is 1. The van der Waals surface area contributed by atoms with Crippen molar-refractivity contribution >= 4 is 0 Å². The predicted octanol–water partition coefficient (Wildman–Crippen LogP) is 1.83. The highest BCUT2D eigenvalue weighted by atomic mass is 15.3. The van der Waals surface area contributed by atoms with Gasteiger partial charge in [0.05, 0.1) is 6.54 Å². The maximum atomic E-state index is 4.34. The first kappa shape index (κ1) is 13.4. The van der Waals surface area contributed by atoms with Crippen molar-refractivity contribution < 1.29 is 0 Å². The number of rotatable bonds is 3. The lowest BCUT2D eigenvalue weighted by atomic mass is 9.88. The van der Waals surface area contributed by atoms with Crippen molar-refractivity contribution in [1.82, 2.24) is 20.2 Å². The van der Waals surface area contributed by atoms with Crippen molar-refractivity contribution in [3.63, 3.8) is 0 Å². The third kappa shape index (κ3) is 2.87. The molecule has 1 aromatic heterocycles. The third-order valence-electron chi connectivity index (χ3n) is 4.08. The lowest BCUT2D eigenvalue weighted by Gasteiger charge is -2.50. The summed E-state index contributed by atoms with van der Waals surface area (Å²) in [4.78, 5) is 11.2. The molecular weight excluding hydrogens is 224 g/mol. The van der Waals surface area contributed by atoms with Crippen LogP contribution in [0, 0.1) is 0 Å². The van der Waals surface area contributed by atoms with Gasteiger partial charge in [0.15, 0.2) is 0 Å². The molecule has 1 atom stereocenters. The normalized spacial score (nSPS) is 28.2. The number of nitrogens with one attached hydrogen (secondary N) is 1. The molecule has 4 nitrogen and oxygen atoms in total. The van der Waals surface area contributed by atoms with Crippen molar-refractivity contribution in [3.05, 3.63) is 24.3 Å². The summed E-state index contributed by atoms with van der Waals surface area (Å²) in [6, 6.07) is 1.86. The number of aromatic nitrogens is 2. The molecule has 2 rings (SSSR count). The summed E-state index contributed by atoms with van der Waals surface area (Å²) in [6.07, 6.45) is 4.77. The molecule has 4 heteroatoms. The Morgan fingerprint density at radius 3 is 2.56 bits per heavy atom. The Morgan fingerprint density at radius 2 is 1.94 bits per heavy atom. The van der Waals surface area contributed by atoms with Gasteiger partial charge in [-0.2, -0.15) is 0 Å². The van der Waals surface area contributed by atoms with Gasteiger partial charge in [0.1, 0.15) is 5.82 Å². The summed E-state index contributed by atoms with van der Waals surface area (Å²) < 4.78 is 0. The molecule has 0 spiro atoms.